The molecule has 0 spiro atoms. The van der Waals surface area contributed by atoms with Crippen molar-refractivity contribution in [3.05, 3.63) is 105 Å². The van der Waals surface area contributed by atoms with Gasteiger partial charge in [0.05, 0.1) is 21.4 Å². The summed E-state index contributed by atoms with van der Waals surface area (Å²) >= 11 is 5.97. The number of fused-ring (bicyclic) bond motifs is 2. The lowest BCUT2D eigenvalue weighted by Crippen LogP contribution is -2.46. The minimum Gasteiger partial charge on any atom is -0.464 e. The highest BCUT2D eigenvalue weighted by atomic mass is 35.5. The standard InChI is InChI=1S/C28H25ClN2O6S/c1-27(2,3)36-37-28(22-17-35-24-12-8-5-9-20(24)25(22)32)21-10-6-7-11-23(21)31(4)26(28)30-38(33,34)19-15-13-18(29)14-16-19/h5-17H,1-4H3/b30-26+/t28-/m1/s1. The number of amidine groups is 1. The highest BCUT2D eigenvalue weighted by Crippen LogP contribution is 2.47. The van der Waals surface area contributed by atoms with E-state index in [4.69, 9.17) is 25.8 Å². The summed E-state index contributed by atoms with van der Waals surface area (Å²) in [5, 5.41) is 0.683. The molecule has 196 valence electrons. The Balaban J connectivity index is 1.85. The number of benzene rings is 3. The lowest BCUT2D eigenvalue weighted by molar-refractivity contribution is -0.383. The number of sulfonamides is 1. The SMILES string of the molecule is CN1/C(=N/S(=O)(=O)c2ccc(Cl)cc2)[C@](OOC(C)(C)C)(c2coc3ccccc3c2=O)c2ccccc21. The Morgan fingerprint density at radius 2 is 1.61 bits per heavy atom. The first-order chi connectivity index (χ1) is 17.9. The van der Waals surface area contributed by atoms with Gasteiger partial charge in [-0.2, -0.15) is 8.42 Å². The lowest BCUT2D eigenvalue weighted by atomic mass is 9.87. The van der Waals surface area contributed by atoms with E-state index in [-0.39, 0.29) is 16.3 Å². The molecule has 0 saturated carbocycles. The third-order valence-electron chi connectivity index (χ3n) is 6.07. The van der Waals surface area contributed by atoms with E-state index in [1.54, 1.807) is 81.2 Å². The van der Waals surface area contributed by atoms with Crippen molar-refractivity contribution in [1.29, 1.82) is 0 Å². The topological polar surface area (TPSA) is 98.4 Å². The number of nitrogens with zero attached hydrogens (tertiary/aromatic N) is 2. The second-order valence-electron chi connectivity index (χ2n) is 9.85. The van der Waals surface area contributed by atoms with Crippen LogP contribution in [-0.2, 0) is 25.4 Å². The normalized spacial score (nSPS) is 18.8. The first-order valence-electron chi connectivity index (χ1n) is 11.8. The van der Waals surface area contributed by atoms with Crippen molar-refractivity contribution in [1.82, 2.24) is 0 Å². The Hall–Kier alpha value is -3.50. The Morgan fingerprint density at radius 1 is 0.947 bits per heavy atom. The molecule has 0 unspecified atom stereocenters. The van der Waals surface area contributed by atoms with E-state index < -0.39 is 26.7 Å². The van der Waals surface area contributed by atoms with Crippen LogP contribution in [0.4, 0.5) is 5.69 Å². The van der Waals surface area contributed by atoms with Gasteiger partial charge in [-0.1, -0.05) is 41.9 Å². The van der Waals surface area contributed by atoms with Crippen molar-refractivity contribution in [2.75, 3.05) is 11.9 Å². The molecule has 0 saturated heterocycles. The van der Waals surface area contributed by atoms with Crippen molar-refractivity contribution in [3.8, 4) is 0 Å². The van der Waals surface area contributed by atoms with Crippen LogP contribution in [0.3, 0.4) is 0 Å². The fourth-order valence-electron chi connectivity index (χ4n) is 4.33. The van der Waals surface area contributed by atoms with Gasteiger partial charge >= 0.3 is 0 Å². The molecule has 1 atom stereocenters. The maximum absolute atomic E-state index is 13.9. The summed E-state index contributed by atoms with van der Waals surface area (Å²) in [7, 11) is -2.63. The van der Waals surface area contributed by atoms with Gasteiger partial charge in [0.2, 0.25) is 5.60 Å². The Morgan fingerprint density at radius 3 is 2.32 bits per heavy atom. The zero-order valence-corrected chi connectivity index (χ0v) is 22.7. The van der Waals surface area contributed by atoms with Crippen LogP contribution in [0, 0.1) is 0 Å². The van der Waals surface area contributed by atoms with Gasteiger partial charge in [-0.05, 0) is 63.2 Å². The number of hydrogen-bond acceptors (Lipinski definition) is 6. The van der Waals surface area contributed by atoms with Crippen molar-refractivity contribution < 1.29 is 22.6 Å². The summed E-state index contributed by atoms with van der Waals surface area (Å²) in [5.74, 6) is -0.0829. The summed E-state index contributed by atoms with van der Waals surface area (Å²) in [6.07, 6.45) is 1.27. The van der Waals surface area contributed by atoms with Gasteiger partial charge in [0.15, 0.2) is 11.3 Å². The third-order valence-corrected chi connectivity index (χ3v) is 7.60. The molecule has 10 heteroatoms. The maximum Gasteiger partial charge on any atom is 0.284 e. The molecule has 0 bridgehead atoms. The summed E-state index contributed by atoms with van der Waals surface area (Å²) in [6.45, 7) is 5.32. The van der Waals surface area contributed by atoms with Crippen LogP contribution in [0.1, 0.15) is 31.9 Å². The van der Waals surface area contributed by atoms with Gasteiger partial charge in [-0.3, -0.25) is 4.79 Å². The van der Waals surface area contributed by atoms with Crippen LogP contribution in [0.2, 0.25) is 5.02 Å². The van der Waals surface area contributed by atoms with E-state index in [1.165, 1.54) is 30.5 Å². The predicted molar refractivity (Wildman–Crippen MR) is 146 cm³/mol. The first kappa shape index (κ1) is 26.1. The molecule has 0 radical (unpaired) electrons. The molecule has 1 aliphatic rings. The van der Waals surface area contributed by atoms with Crippen molar-refractivity contribution in [2.45, 2.75) is 36.9 Å². The van der Waals surface area contributed by atoms with Gasteiger partial charge in [0.1, 0.15) is 11.8 Å². The van der Waals surface area contributed by atoms with Gasteiger partial charge in [0, 0.05) is 23.3 Å². The van der Waals surface area contributed by atoms with Crippen molar-refractivity contribution >= 4 is 44.1 Å². The quantitative estimate of drug-likeness (QED) is 0.232. The molecule has 0 aliphatic carbocycles. The number of anilines is 1. The molecule has 8 nitrogen and oxygen atoms in total. The summed E-state index contributed by atoms with van der Waals surface area (Å²) in [4.78, 5) is 27.4. The minimum absolute atomic E-state index is 0.0160. The molecule has 5 rings (SSSR count). The Bertz CT molecular complexity index is 1730. The highest BCUT2D eigenvalue weighted by Gasteiger charge is 2.55. The fraction of sp³-hybridized carbons (Fsp3) is 0.214. The molecule has 4 aromatic rings. The highest BCUT2D eigenvalue weighted by molar-refractivity contribution is 7.90. The van der Waals surface area contributed by atoms with E-state index in [0.29, 0.717) is 27.2 Å². The van der Waals surface area contributed by atoms with E-state index in [1.807, 2.05) is 0 Å². The van der Waals surface area contributed by atoms with Gasteiger partial charge in [-0.25, -0.2) is 9.78 Å². The van der Waals surface area contributed by atoms with Crippen LogP contribution >= 0.6 is 11.6 Å². The molecule has 0 N–H and O–H groups in total. The van der Waals surface area contributed by atoms with Crippen molar-refractivity contribution in [3.63, 3.8) is 0 Å². The smallest absolute Gasteiger partial charge is 0.284 e. The van der Waals surface area contributed by atoms with E-state index >= 15 is 0 Å². The van der Waals surface area contributed by atoms with Crippen LogP contribution in [0.15, 0.2) is 97.6 Å². The van der Waals surface area contributed by atoms with E-state index in [2.05, 4.69) is 4.40 Å². The molecule has 2 heterocycles. The molecular formula is C28H25ClN2O6S. The van der Waals surface area contributed by atoms with E-state index in [9.17, 15) is 13.2 Å². The monoisotopic (exact) mass is 552 g/mol. The molecule has 3 aromatic carbocycles. The fourth-order valence-corrected chi connectivity index (χ4v) is 5.52. The molecule has 0 amide bonds. The number of halogens is 1. The average Bonchev–Trinajstić information content (AvgIpc) is 3.11. The molecule has 38 heavy (non-hydrogen) atoms. The molecule has 1 aromatic heterocycles. The van der Waals surface area contributed by atoms with Crippen molar-refractivity contribution in [2.24, 2.45) is 4.40 Å². The summed E-state index contributed by atoms with van der Waals surface area (Å²) in [5.41, 5.74) is -1.65. The molecule has 1 aliphatic heterocycles. The van der Waals surface area contributed by atoms with Gasteiger partial charge in [-0.15, -0.1) is 4.40 Å². The van der Waals surface area contributed by atoms with Gasteiger partial charge < -0.3 is 9.32 Å². The van der Waals surface area contributed by atoms with Crippen LogP contribution in [-0.4, -0.2) is 26.9 Å². The zero-order chi connectivity index (χ0) is 27.3. The minimum atomic E-state index is -4.28. The number of likely N-dealkylation sites (N-methyl/N-ethyl adjacent to an activating group) is 1. The summed E-state index contributed by atoms with van der Waals surface area (Å²) < 4.78 is 37.2. The van der Waals surface area contributed by atoms with Crippen LogP contribution in [0.5, 0.6) is 0 Å². The first-order valence-corrected chi connectivity index (χ1v) is 13.6. The summed E-state index contributed by atoms with van der Waals surface area (Å²) in [6, 6.07) is 19.5. The maximum atomic E-state index is 13.9. The second-order valence-corrected chi connectivity index (χ2v) is 11.9. The Labute approximate surface area is 225 Å². The lowest BCUT2D eigenvalue weighted by Gasteiger charge is -2.32. The predicted octanol–water partition coefficient (Wildman–Crippen LogP) is 5.67. The van der Waals surface area contributed by atoms with Crippen LogP contribution < -0.4 is 10.3 Å². The average molecular weight is 553 g/mol. The molecular weight excluding hydrogens is 528 g/mol. The van der Waals surface area contributed by atoms with E-state index in [0.717, 1.165) is 0 Å². The zero-order valence-electron chi connectivity index (χ0n) is 21.1. The largest absolute Gasteiger partial charge is 0.464 e. The third kappa shape index (κ3) is 4.41. The second kappa shape index (κ2) is 9.36. The Kier molecular flexibility index (Phi) is 6.43. The number of para-hydroxylation sites is 2. The number of rotatable bonds is 5. The number of hydrogen-bond donors (Lipinski definition) is 0. The molecule has 0 fully saturated rings. The van der Waals surface area contributed by atoms with Gasteiger partial charge in [0.25, 0.3) is 10.0 Å². The van der Waals surface area contributed by atoms with Crippen LogP contribution in [0.25, 0.3) is 11.0 Å².